The quantitative estimate of drug-likeness (QED) is 0.207. The molecule has 5 heteroatoms. The smallest absolute Gasteiger partial charge is 1.00 e. The first kappa shape index (κ1) is 31.8. The second kappa shape index (κ2) is 16.5. The third-order valence-electron chi connectivity index (χ3n) is 5.64. The number of rotatable bonds is 4. The van der Waals surface area contributed by atoms with Crippen molar-refractivity contribution in [1.29, 1.82) is 0 Å². The van der Waals surface area contributed by atoms with Crippen LogP contribution >= 0.6 is 0 Å². The van der Waals surface area contributed by atoms with E-state index in [1.54, 1.807) is 0 Å². The molecule has 6 rings (SSSR count). The molecule has 0 aliphatic heterocycles. The summed E-state index contributed by atoms with van der Waals surface area (Å²) >= 11 is 0. The van der Waals surface area contributed by atoms with Gasteiger partial charge in [-0.05, 0) is 57.9 Å². The van der Waals surface area contributed by atoms with Gasteiger partial charge in [0.15, 0.2) is 0 Å². The molecule has 2 nitrogen and oxygen atoms in total. The fourth-order valence-corrected chi connectivity index (χ4v) is 3.78. The summed E-state index contributed by atoms with van der Waals surface area (Å²) in [4.78, 5) is 8.94. The molecule has 0 aromatic heterocycles. The van der Waals surface area contributed by atoms with Gasteiger partial charge in [0.05, 0.1) is 11.4 Å². The maximum atomic E-state index is 4.47. The van der Waals surface area contributed by atoms with E-state index in [2.05, 4.69) is 70.6 Å². The van der Waals surface area contributed by atoms with Crippen molar-refractivity contribution < 1.29 is 24.8 Å². The third kappa shape index (κ3) is 9.36. The number of fused-ring (bicyclic) bond motifs is 2. The molecule has 39 heavy (non-hydrogen) atoms. The molecule has 0 spiro atoms. The average molecular weight is 650 g/mol. The molecule has 188 valence electrons. The van der Waals surface area contributed by atoms with E-state index in [4.69, 9.17) is 0 Å². The zero-order valence-electron chi connectivity index (χ0n) is 21.0. The van der Waals surface area contributed by atoms with Gasteiger partial charge in [-0.25, -0.2) is 0 Å². The predicted molar refractivity (Wildman–Crippen MR) is 159 cm³/mol. The van der Waals surface area contributed by atoms with Crippen molar-refractivity contribution >= 4 is 69.3 Å². The third-order valence-corrected chi connectivity index (χ3v) is 5.64. The van der Waals surface area contributed by atoms with Crippen molar-refractivity contribution in [2.75, 3.05) is 0 Å². The summed E-state index contributed by atoms with van der Waals surface area (Å²) in [7, 11) is 0. The molecule has 0 atom stereocenters. The largest absolute Gasteiger partial charge is 2.00 e. The van der Waals surface area contributed by atoms with Crippen LogP contribution in [0, 0.1) is 12.1 Å². The first-order valence-electron chi connectivity index (χ1n) is 11.8. The molecule has 0 fully saturated rings. The van der Waals surface area contributed by atoms with Crippen molar-refractivity contribution in [2.24, 2.45) is 9.98 Å². The van der Waals surface area contributed by atoms with Crippen LogP contribution in [0.15, 0.2) is 143 Å². The van der Waals surface area contributed by atoms with Crippen LogP contribution in [0.4, 0.5) is 11.4 Å². The number of halogens is 2. The summed E-state index contributed by atoms with van der Waals surface area (Å²) in [5, 5.41) is 4.90. The van der Waals surface area contributed by atoms with E-state index in [1.807, 2.05) is 97.4 Å². The number of hydrogen-bond acceptors (Lipinski definition) is 2. The van der Waals surface area contributed by atoms with E-state index < -0.39 is 0 Å². The number of benzene rings is 6. The Morgan fingerprint density at radius 3 is 1.21 bits per heavy atom. The number of aliphatic imine (C=N–C) groups is 2. The van der Waals surface area contributed by atoms with Gasteiger partial charge in [0.1, 0.15) is 0 Å². The molecular weight excluding hydrogens is 626 g/mol. The molecule has 0 unspecified atom stereocenters. The van der Waals surface area contributed by atoms with Crippen molar-refractivity contribution in [3.05, 3.63) is 157 Å². The summed E-state index contributed by atoms with van der Waals surface area (Å²) in [5.74, 6) is 0. The van der Waals surface area contributed by atoms with Gasteiger partial charge in [-0.15, -0.1) is 0 Å². The summed E-state index contributed by atoms with van der Waals surface area (Å²) < 4.78 is 0. The van der Waals surface area contributed by atoms with Gasteiger partial charge in [0.2, 0.25) is 0 Å². The molecule has 0 saturated heterocycles. The van der Waals surface area contributed by atoms with E-state index in [0.717, 1.165) is 22.5 Å². The molecule has 0 saturated carbocycles. The minimum Gasteiger partial charge on any atom is -1.00 e. The molecule has 0 bridgehead atoms. The number of hydrogen-bond donors (Lipinski definition) is 0. The maximum absolute atomic E-state index is 4.47. The van der Waals surface area contributed by atoms with Crippen LogP contribution in [0.2, 0.25) is 0 Å². The second-order valence-electron chi connectivity index (χ2n) is 8.22. The molecule has 6 aromatic rings. The molecule has 4 radical (unpaired) electrons. The van der Waals surface area contributed by atoms with Gasteiger partial charge in [-0.2, -0.15) is 0 Å². The summed E-state index contributed by atoms with van der Waals surface area (Å²) in [6.45, 7) is 0. The van der Waals surface area contributed by atoms with Crippen LogP contribution in [0.25, 0.3) is 21.5 Å². The standard InChI is InChI=1S/2C17H12N.2ClH.Sn/c2*1-2-6-14(7-3-1)13-18-17-11-10-15-8-4-5-9-16(15)12-17;;;/h2*1-6,8-13H;2*1H;/q;;;;+2/p-2. The van der Waals surface area contributed by atoms with Crippen LogP contribution < -0.4 is 24.8 Å². The van der Waals surface area contributed by atoms with Crippen LogP contribution in [0.5, 0.6) is 0 Å². The Balaban J connectivity index is 0.000000254. The van der Waals surface area contributed by atoms with Gasteiger partial charge >= 0.3 is 23.9 Å². The maximum Gasteiger partial charge on any atom is 2.00 e. The van der Waals surface area contributed by atoms with Gasteiger partial charge in [0, 0.05) is 23.6 Å². The van der Waals surface area contributed by atoms with Crippen LogP contribution in [0.3, 0.4) is 0 Å². The first-order chi connectivity index (χ1) is 17.8. The normalized spacial score (nSPS) is 10.3. The fraction of sp³-hybridized carbons (Fsp3) is 0. The Morgan fingerprint density at radius 2 is 0.821 bits per heavy atom. The monoisotopic (exact) mass is 650 g/mol. The van der Waals surface area contributed by atoms with Gasteiger partial charge in [-0.3, -0.25) is 9.98 Å². The van der Waals surface area contributed by atoms with E-state index in [-0.39, 0.29) is 48.7 Å². The Labute approximate surface area is 259 Å². The second-order valence-corrected chi connectivity index (χ2v) is 8.22. The van der Waals surface area contributed by atoms with E-state index >= 15 is 0 Å². The molecule has 0 aliphatic carbocycles. The van der Waals surface area contributed by atoms with Crippen LogP contribution in [-0.2, 0) is 0 Å². The van der Waals surface area contributed by atoms with E-state index in [1.165, 1.54) is 21.5 Å². The van der Waals surface area contributed by atoms with Crippen molar-refractivity contribution in [3.63, 3.8) is 0 Å². The molecular formula is C34H24Cl2N2Sn. The first-order valence-corrected chi connectivity index (χ1v) is 11.8. The topological polar surface area (TPSA) is 24.7 Å². The SMILES string of the molecule is [Cl-].[Cl-].[Sn+2].[c]1ccccc1C=Nc1ccc2ccccc2c1.[c]1ccccc1C=Nc1ccc2ccccc2c1. The summed E-state index contributed by atoms with van der Waals surface area (Å²) in [6.07, 6.45) is 3.67. The molecule has 0 amide bonds. The van der Waals surface area contributed by atoms with Crippen LogP contribution in [-0.4, -0.2) is 36.3 Å². The average Bonchev–Trinajstić information content (AvgIpc) is 2.96. The zero-order valence-corrected chi connectivity index (χ0v) is 25.4. The molecule has 0 aliphatic rings. The van der Waals surface area contributed by atoms with Crippen molar-refractivity contribution in [1.82, 2.24) is 0 Å². The van der Waals surface area contributed by atoms with Crippen molar-refractivity contribution in [2.45, 2.75) is 0 Å². The molecule has 0 heterocycles. The summed E-state index contributed by atoms with van der Waals surface area (Å²) in [6, 6.07) is 50.9. The van der Waals surface area contributed by atoms with Crippen molar-refractivity contribution in [3.8, 4) is 0 Å². The minimum atomic E-state index is 0. The number of nitrogens with zero attached hydrogens (tertiary/aromatic N) is 2. The van der Waals surface area contributed by atoms with Gasteiger partial charge in [-0.1, -0.05) is 109 Å². The van der Waals surface area contributed by atoms with Crippen LogP contribution in [0.1, 0.15) is 11.1 Å². The Hall–Kier alpha value is -3.44. The Bertz CT molecular complexity index is 1510. The van der Waals surface area contributed by atoms with E-state index in [0.29, 0.717) is 0 Å². The summed E-state index contributed by atoms with van der Waals surface area (Å²) in [5.41, 5.74) is 3.91. The Morgan fingerprint density at radius 1 is 0.436 bits per heavy atom. The van der Waals surface area contributed by atoms with E-state index in [9.17, 15) is 0 Å². The van der Waals surface area contributed by atoms with Gasteiger partial charge in [0.25, 0.3) is 0 Å². The molecule has 0 N–H and O–H groups in total. The Kier molecular flexibility index (Phi) is 13.4. The fourth-order valence-electron chi connectivity index (χ4n) is 3.78. The molecule has 6 aromatic carbocycles. The zero-order chi connectivity index (χ0) is 24.4. The van der Waals surface area contributed by atoms with Gasteiger partial charge < -0.3 is 24.8 Å². The minimum absolute atomic E-state index is 0. The predicted octanol–water partition coefficient (Wildman–Crippen LogP) is 2.41.